The summed E-state index contributed by atoms with van der Waals surface area (Å²) in [6.45, 7) is 11.2. The Morgan fingerprint density at radius 1 is 1.23 bits per heavy atom. The number of nitrogens with two attached hydrogens (primary N) is 2. The Labute approximate surface area is 83.3 Å². The summed E-state index contributed by atoms with van der Waals surface area (Å²) in [6.07, 6.45) is 1.09. The predicted octanol–water partition coefficient (Wildman–Crippen LogP) is 0.934. The van der Waals surface area contributed by atoms with E-state index in [9.17, 15) is 0 Å². The molecule has 0 spiro atoms. The van der Waals surface area contributed by atoms with Crippen LogP contribution >= 0.6 is 0 Å². The maximum Gasteiger partial charge on any atom is 0.00743 e. The lowest BCUT2D eigenvalue weighted by Crippen LogP contribution is -2.24. The minimum absolute atomic E-state index is 0.403. The molecule has 1 unspecified atom stereocenters. The molecule has 0 aromatic heterocycles. The quantitative estimate of drug-likeness (QED) is 0.564. The molecule has 0 aliphatic rings. The van der Waals surface area contributed by atoms with E-state index in [1.807, 2.05) is 0 Å². The SMILES string of the molecule is CCC(N)C(C)C.CCNCCN. The van der Waals surface area contributed by atoms with E-state index < -0.39 is 0 Å². The lowest BCUT2D eigenvalue weighted by molar-refractivity contribution is 0.481. The van der Waals surface area contributed by atoms with Gasteiger partial charge in [0.2, 0.25) is 0 Å². The second-order valence-electron chi connectivity index (χ2n) is 3.46. The third kappa shape index (κ3) is 14.7. The fraction of sp³-hybridized carbons (Fsp3) is 1.00. The first-order valence-electron chi connectivity index (χ1n) is 5.26. The summed E-state index contributed by atoms with van der Waals surface area (Å²) in [6, 6.07) is 0.403. The van der Waals surface area contributed by atoms with E-state index in [-0.39, 0.29) is 0 Å². The van der Waals surface area contributed by atoms with Crippen LogP contribution in [0.5, 0.6) is 0 Å². The smallest absolute Gasteiger partial charge is 0.00743 e. The van der Waals surface area contributed by atoms with Crippen molar-refractivity contribution in [3.05, 3.63) is 0 Å². The Morgan fingerprint density at radius 2 is 1.77 bits per heavy atom. The normalized spacial score (nSPS) is 12.2. The molecular weight excluding hydrogens is 162 g/mol. The maximum atomic E-state index is 5.62. The largest absolute Gasteiger partial charge is 0.329 e. The molecule has 0 aromatic carbocycles. The van der Waals surface area contributed by atoms with Gasteiger partial charge < -0.3 is 16.8 Å². The van der Waals surface area contributed by atoms with Crippen LogP contribution in [0.3, 0.4) is 0 Å². The Balaban J connectivity index is 0. The molecule has 0 saturated carbocycles. The van der Waals surface area contributed by atoms with Gasteiger partial charge >= 0.3 is 0 Å². The summed E-state index contributed by atoms with van der Waals surface area (Å²) in [5.74, 6) is 0.644. The second-order valence-corrected chi connectivity index (χ2v) is 3.46. The lowest BCUT2D eigenvalue weighted by Gasteiger charge is -2.10. The molecule has 0 radical (unpaired) electrons. The van der Waals surface area contributed by atoms with Gasteiger partial charge in [0.25, 0.3) is 0 Å². The van der Waals surface area contributed by atoms with Gasteiger partial charge in [-0.1, -0.05) is 27.7 Å². The van der Waals surface area contributed by atoms with Crippen LogP contribution in [0.4, 0.5) is 0 Å². The van der Waals surface area contributed by atoms with Crippen molar-refractivity contribution in [1.29, 1.82) is 0 Å². The molecule has 0 saturated heterocycles. The Morgan fingerprint density at radius 3 is 1.85 bits per heavy atom. The highest BCUT2D eigenvalue weighted by Crippen LogP contribution is 2.00. The van der Waals surface area contributed by atoms with Crippen LogP contribution in [0.25, 0.3) is 0 Å². The van der Waals surface area contributed by atoms with Gasteiger partial charge in [-0.05, 0) is 18.9 Å². The number of hydrogen-bond acceptors (Lipinski definition) is 3. The van der Waals surface area contributed by atoms with Crippen LogP contribution in [0.15, 0.2) is 0 Å². The lowest BCUT2D eigenvalue weighted by atomic mass is 10.0. The first kappa shape index (κ1) is 15.4. The van der Waals surface area contributed by atoms with E-state index in [1.54, 1.807) is 0 Å². The van der Waals surface area contributed by atoms with E-state index in [0.29, 0.717) is 12.0 Å². The van der Waals surface area contributed by atoms with Gasteiger partial charge in [-0.15, -0.1) is 0 Å². The second kappa shape index (κ2) is 11.9. The molecule has 82 valence electrons. The molecule has 3 heteroatoms. The predicted molar refractivity (Wildman–Crippen MR) is 60.7 cm³/mol. The van der Waals surface area contributed by atoms with Gasteiger partial charge in [-0.2, -0.15) is 0 Å². The molecule has 0 fully saturated rings. The van der Waals surface area contributed by atoms with Crippen molar-refractivity contribution in [2.75, 3.05) is 19.6 Å². The van der Waals surface area contributed by atoms with Crippen molar-refractivity contribution in [2.45, 2.75) is 40.2 Å². The molecule has 0 aliphatic carbocycles. The molecule has 3 nitrogen and oxygen atoms in total. The molecule has 0 amide bonds. The first-order valence-corrected chi connectivity index (χ1v) is 5.26. The minimum atomic E-state index is 0.403. The van der Waals surface area contributed by atoms with E-state index in [1.165, 1.54) is 0 Å². The molecular formula is C10H27N3. The zero-order chi connectivity index (χ0) is 10.7. The van der Waals surface area contributed by atoms with Crippen LogP contribution in [0.1, 0.15) is 34.1 Å². The van der Waals surface area contributed by atoms with E-state index in [2.05, 4.69) is 33.0 Å². The van der Waals surface area contributed by atoms with Gasteiger partial charge in [-0.3, -0.25) is 0 Å². The van der Waals surface area contributed by atoms with Crippen LogP contribution in [0, 0.1) is 5.92 Å². The number of nitrogens with one attached hydrogen (secondary N) is 1. The minimum Gasteiger partial charge on any atom is -0.329 e. The standard InChI is InChI=1S/C6H15N.C4H12N2/c1-4-6(7)5(2)3;1-2-6-4-3-5/h5-6H,4,7H2,1-3H3;6H,2-5H2,1H3. The van der Waals surface area contributed by atoms with Crippen molar-refractivity contribution in [2.24, 2.45) is 17.4 Å². The van der Waals surface area contributed by atoms with E-state index >= 15 is 0 Å². The molecule has 0 aliphatic heterocycles. The Kier molecular flexibility index (Phi) is 14.0. The van der Waals surface area contributed by atoms with Crippen molar-refractivity contribution in [3.63, 3.8) is 0 Å². The fourth-order valence-electron chi connectivity index (χ4n) is 0.750. The van der Waals surface area contributed by atoms with Crippen LogP contribution < -0.4 is 16.8 Å². The summed E-state index contributed by atoms with van der Waals surface area (Å²) in [5.41, 5.74) is 10.8. The molecule has 1 atom stereocenters. The highest BCUT2D eigenvalue weighted by atomic mass is 14.9. The third-order valence-corrected chi connectivity index (χ3v) is 1.90. The number of likely N-dealkylation sites (N-methyl/N-ethyl adjacent to an activating group) is 1. The fourth-order valence-corrected chi connectivity index (χ4v) is 0.750. The van der Waals surface area contributed by atoms with Crippen molar-refractivity contribution in [1.82, 2.24) is 5.32 Å². The summed E-state index contributed by atoms with van der Waals surface area (Å²) in [4.78, 5) is 0. The van der Waals surface area contributed by atoms with Crippen molar-refractivity contribution < 1.29 is 0 Å². The molecule has 5 N–H and O–H groups in total. The molecule has 0 rings (SSSR count). The highest BCUT2D eigenvalue weighted by molar-refractivity contribution is 4.60. The monoisotopic (exact) mass is 189 g/mol. The van der Waals surface area contributed by atoms with Gasteiger partial charge in [0, 0.05) is 19.1 Å². The zero-order valence-electron chi connectivity index (χ0n) is 9.64. The summed E-state index contributed by atoms with van der Waals surface area (Å²) in [7, 11) is 0. The Hall–Kier alpha value is -0.120. The molecule has 0 aromatic rings. The van der Waals surface area contributed by atoms with Gasteiger partial charge in [0.15, 0.2) is 0 Å². The molecule has 13 heavy (non-hydrogen) atoms. The Bertz CT molecular complexity index is 80.2. The first-order chi connectivity index (χ1) is 6.09. The zero-order valence-corrected chi connectivity index (χ0v) is 9.64. The maximum absolute atomic E-state index is 5.62. The average molecular weight is 189 g/mol. The van der Waals surface area contributed by atoms with E-state index in [4.69, 9.17) is 11.5 Å². The molecule has 0 bridgehead atoms. The van der Waals surface area contributed by atoms with Gasteiger partial charge in [0.1, 0.15) is 0 Å². The van der Waals surface area contributed by atoms with E-state index in [0.717, 1.165) is 26.1 Å². The van der Waals surface area contributed by atoms with Crippen LogP contribution in [-0.4, -0.2) is 25.7 Å². The van der Waals surface area contributed by atoms with Crippen molar-refractivity contribution in [3.8, 4) is 0 Å². The van der Waals surface area contributed by atoms with Crippen molar-refractivity contribution >= 4 is 0 Å². The van der Waals surface area contributed by atoms with Crippen LogP contribution in [0.2, 0.25) is 0 Å². The average Bonchev–Trinajstić information content (AvgIpc) is 2.14. The number of rotatable bonds is 5. The summed E-state index contributed by atoms with van der Waals surface area (Å²) < 4.78 is 0. The highest BCUT2D eigenvalue weighted by Gasteiger charge is 2.01. The topological polar surface area (TPSA) is 64.1 Å². The molecule has 0 heterocycles. The van der Waals surface area contributed by atoms with Gasteiger partial charge in [0.05, 0.1) is 0 Å². The van der Waals surface area contributed by atoms with Crippen LogP contribution in [-0.2, 0) is 0 Å². The number of hydrogen-bond donors (Lipinski definition) is 3. The third-order valence-electron chi connectivity index (χ3n) is 1.90. The summed E-state index contributed by atoms with van der Waals surface area (Å²) >= 11 is 0. The van der Waals surface area contributed by atoms with Gasteiger partial charge in [-0.25, -0.2) is 0 Å². The summed E-state index contributed by atoms with van der Waals surface area (Å²) in [5, 5.41) is 3.07.